The molecule has 0 aromatic heterocycles. The SMILES string of the molecule is CCCCCC(=O)OC(COCCC)COc1c2ccccc2c(OCC(COCCC)OC(=O)CCCCC)c2cc(C)ccc12. The Morgan fingerprint density at radius 2 is 1.04 bits per heavy atom. The van der Waals surface area contributed by atoms with E-state index in [9.17, 15) is 9.59 Å². The molecule has 0 heterocycles. The molecular weight excluding hydrogens is 596 g/mol. The third kappa shape index (κ3) is 12.6. The van der Waals surface area contributed by atoms with E-state index in [1.54, 1.807) is 0 Å². The van der Waals surface area contributed by atoms with Crippen LogP contribution in [0, 0.1) is 6.92 Å². The fourth-order valence-electron chi connectivity index (χ4n) is 5.36. The minimum Gasteiger partial charge on any atom is -0.488 e. The highest BCUT2D eigenvalue weighted by Crippen LogP contribution is 2.43. The summed E-state index contributed by atoms with van der Waals surface area (Å²) in [5.41, 5.74) is 1.07. The molecule has 0 aliphatic carbocycles. The lowest BCUT2D eigenvalue weighted by atomic mass is 9.99. The zero-order chi connectivity index (χ0) is 33.9. The maximum Gasteiger partial charge on any atom is 0.306 e. The minimum atomic E-state index is -0.541. The number of hydrogen-bond acceptors (Lipinski definition) is 8. The Morgan fingerprint density at radius 3 is 1.51 bits per heavy atom. The van der Waals surface area contributed by atoms with Gasteiger partial charge in [-0.25, -0.2) is 0 Å². The molecule has 0 aliphatic heterocycles. The summed E-state index contributed by atoms with van der Waals surface area (Å²) in [6.45, 7) is 12.4. The number of rotatable bonds is 24. The van der Waals surface area contributed by atoms with Crippen LogP contribution in [0.15, 0.2) is 42.5 Å². The monoisotopic (exact) mass is 652 g/mol. The summed E-state index contributed by atoms with van der Waals surface area (Å²) in [5, 5.41) is 3.51. The van der Waals surface area contributed by atoms with Crippen molar-refractivity contribution in [3.05, 3.63) is 48.0 Å². The Morgan fingerprint density at radius 1 is 0.574 bits per heavy atom. The maximum atomic E-state index is 12.6. The van der Waals surface area contributed by atoms with Gasteiger partial charge in [-0.2, -0.15) is 0 Å². The number of fused-ring (bicyclic) bond motifs is 2. The first-order valence-corrected chi connectivity index (χ1v) is 17.7. The van der Waals surface area contributed by atoms with Crippen LogP contribution in [0.2, 0.25) is 0 Å². The van der Waals surface area contributed by atoms with Crippen molar-refractivity contribution in [3.63, 3.8) is 0 Å². The molecule has 3 aromatic carbocycles. The van der Waals surface area contributed by atoms with Gasteiger partial charge in [0.15, 0.2) is 12.2 Å². The van der Waals surface area contributed by atoms with Crippen molar-refractivity contribution in [1.82, 2.24) is 0 Å². The lowest BCUT2D eigenvalue weighted by Gasteiger charge is -2.23. The Bertz CT molecular complexity index is 1370. The van der Waals surface area contributed by atoms with Crippen LogP contribution in [0.1, 0.15) is 97.5 Å². The summed E-state index contributed by atoms with van der Waals surface area (Å²) < 4.78 is 36.3. The standard InChI is InChI=1S/C39H56O8/c1-6-10-12-18-36(40)46-30(25-42-22-8-3)27-44-38-32-16-14-15-17-33(32)39(35-24-29(5)20-21-34(35)38)45-28-31(26-43-23-9-4)47-37(41)19-13-11-7-2/h14-17,20-21,24,30-31H,6-13,18-19,22-23,25-28H2,1-5H3. The van der Waals surface area contributed by atoms with Gasteiger partial charge in [0.2, 0.25) is 0 Å². The van der Waals surface area contributed by atoms with Crippen molar-refractivity contribution >= 4 is 33.5 Å². The van der Waals surface area contributed by atoms with Gasteiger partial charge in [0.25, 0.3) is 0 Å². The maximum absolute atomic E-state index is 12.6. The van der Waals surface area contributed by atoms with E-state index < -0.39 is 12.2 Å². The van der Waals surface area contributed by atoms with Gasteiger partial charge in [-0.15, -0.1) is 0 Å². The fraction of sp³-hybridized carbons (Fsp3) is 0.590. The molecule has 260 valence electrons. The van der Waals surface area contributed by atoms with Gasteiger partial charge in [-0.05, 0) is 38.7 Å². The van der Waals surface area contributed by atoms with E-state index >= 15 is 0 Å². The van der Waals surface area contributed by atoms with Crippen molar-refractivity contribution < 1.29 is 38.0 Å². The molecule has 0 saturated carbocycles. The average Bonchev–Trinajstić information content (AvgIpc) is 3.06. The number of benzene rings is 3. The molecule has 0 spiro atoms. The number of esters is 2. The first kappa shape index (κ1) is 38.1. The Labute approximate surface area is 281 Å². The average molecular weight is 653 g/mol. The second kappa shape index (κ2) is 21.5. The van der Waals surface area contributed by atoms with E-state index in [2.05, 4.69) is 19.9 Å². The minimum absolute atomic E-state index is 0.154. The van der Waals surface area contributed by atoms with E-state index in [1.165, 1.54) is 0 Å². The van der Waals surface area contributed by atoms with Gasteiger partial charge in [0.05, 0.1) is 13.2 Å². The molecule has 3 rings (SSSR count). The molecule has 0 aliphatic rings. The van der Waals surface area contributed by atoms with E-state index in [-0.39, 0.29) is 38.4 Å². The van der Waals surface area contributed by atoms with Crippen LogP contribution in [0.25, 0.3) is 21.5 Å². The van der Waals surface area contributed by atoms with E-state index in [0.717, 1.165) is 78.5 Å². The summed E-state index contributed by atoms with van der Waals surface area (Å²) in [7, 11) is 0. The van der Waals surface area contributed by atoms with Gasteiger partial charge in [-0.1, -0.05) is 95.3 Å². The van der Waals surface area contributed by atoms with Crippen LogP contribution in [0.5, 0.6) is 11.5 Å². The number of carbonyl (C=O) groups excluding carboxylic acids is 2. The highest BCUT2D eigenvalue weighted by molar-refractivity contribution is 6.11. The molecule has 47 heavy (non-hydrogen) atoms. The number of ether oxygens (including phenoxy) is 6. The van der Waals surface area contributed by atoms with Crippen LogP contribution in [0.3, 0.4) is 0 Å². The first-order chi connectivity index (χ1) is 22.9. The van der Waals surface area contributed by atoms with E-state index in [0.29, 0.717) is 37.6 Å². The third-order valence-corrected chi connectivity index (χ3v) is 7.78. The number of aryl methyl sites for hydroxylation is 1. The summed E-state index contributed by atoms with van der Waals surface area (Å²) >= 11 is 0. The van der Waals surface area contributed by atoms with Crippen LogP contribution in [0.4, 0.5) is 0 Å². The second-order valence-electron chi connectivity index (χ2n) is 12.2. The fourth-order valence-corrected chi connectivity index (χ4v) is 5.36. The van der Waals surface area contributed by atoms with Crippen molar-refractivity contribution in [2.75, 3.05) is 39.6 Å². The third-order valence-electron chi connectivity index (χ3n) is 7.78. The van der Waals surface area contributed by atoms with Crippen LogP contribution < -0.4 is 9.47 Å². The van der Waals surface area contributed by atoms with Gasteiger partial charge in [0.1, 0.15) is 24.7 Å². The van der Waals surface area contributed by atoms with E-state index in [1.807, 2.05) is 57.2 Å². The first-order valence-electron chi connectivity index (χ1n) is 17.7. The number of hydrogen-bond donors (Lipinski definition) is 0. The molecule has 0 fully saturated rings. The molecule has 0 amide bonds. The zero-order valence-corrected chi connectivity index (χ0v) is 29.3. The van der Waals surface area contributed by atoms with Crippen molar-refractivity contribution in [3.8, 4) is 11.5 Å². The molecule has 3 aromatic rings. The largest absolute Gasteiger partial charge is 0.488 e. The highest BCUT2D eigenvalue weighted by atomic mass is 16.6. The molecule has 0 N–H and O–H groups in total. The molecule has 0 radical (unpaired) electrons. The topological polar surface area (TPSA) is 89.5 Å². The van der Waals surface area contributed by atoms with E-state index in [4.69, 9.17) is 28.4 Å². The van der Waals surface area contributed by atoms with Crippen LogP contribution in [-0.4, -0.2) is 63.8 Å². The number of carbonyl (C=O) groups is 2. The highest BCUT2D eigenvalue weighted by Gasteiger charge is 2.22. The molecule has 0 bridgehead atoms. The Hall–Kier alpha value is -3.36. The van der Waals surface area contributed by atoms with Crippen molar-refractivity contribution in [1.29, 1.82) is 0 Å². The summed E-state index contributed by atoms with van der Waals surface area (Å²) in [6, 6.07) is 14.1. The van der Waals surface area contributed by atoms with Crippen LogP contribution in [-0.2, 0) is 28.5 Å². The smallest absolute Gasteiger partial charge is 0.306 e. The van der Waals surface area contributed by atoms with Gasteiger partial charge >= 0.3 is 11.9 Å². The Balaban J connectivity index is 1.90. The normalized spacial score (nSPS) is 12.6. The quantitative estimate of drug-likeness (QED) is 0.0539. The predicted octanol–water partition coefficient (Wildman–Crippen LogP) is 8.90. The molecule has 2 atom stereocenters. The molecule has 0 saturated heterocycles. The molecule has 8 nitrogen and oxygen atoms in total. The van der Waals surface area contributed by atoms with Gasteiger partial charge in [0, 0.05) is 47.6 Å². The lowest BCUT2D eigenvalue weighted by Crippen LogP contribution is -2.30. The zero-order valence-electron chi connectivity index (χ0n) is 29.3. The number of unbranched alkanes of at least 4 members (excludes halogenated alkanes) is 4. The Kier molecular flexibility index (Phi) is 17.4. The van der Waals surface area contributed by atoms with Crippen LogP contribution >= 0.6 is 0 Å². The summed E-state index contributed by atoms with van der Waals surface area (Å²) in [4.78, 5) is 25.3. The van der Waals surface area contributed by atoms with Gasteiger partial charge < -0.3 is 28.4 Å². The molecule has 8 heteroatoms. The lowest BCUT2D eigenvalue weighted by molar-refractivity contribution is -0.155. The van der Waals surface area contributed by atoms with Crippen molar-refractivity contribution in [2.24, 2.45) is 0 Å². The molecular formula is C39H56O8. The second-order valence-corrected chi connectivity index (χ2v) is 12.2. The van der Waals surface area contributed by atoms with Gasteiger partial charge in [-0.3, -0.25) is 9.59 Å². The molecule has 2 unspecified atom stereocenters. The predicted molar refractivity (Wildman–Crippen MR) is 187 cm³/mol. The summed E-state index contributed by atoms with van der Waals surface area (Å²) in [6.07, 6.45) is 7.09. The summed E-state index contributed by atoms with van der Waals surface area (Å²) in [5.74, 6) is 0.921. The van der Waals surface area contributed by atoms with Crippen molar-refractivity contribution in [2.45, 2.75) is 111 Å².